The predicted molar refractivity (Wildman–Crippen MR) is 104 cm³/mol. The number of hydrogen-bond acceptors (Lipinski definition) is 6. The Kier molecular flexibility index (Phi) is 4.52. The Bertz CT molecular complexity index is 1180. The minimum absolute atomic E-state index is 0.0560. The first kappa shape index (κ1) is 19.3. The van der Waals surface area contributed by atoms with E-state index in [1.807, 2.05) is 0 Å². The third-order valence-corrected chi connectivity index (χ3v) is 5.64. The Balaban J connectivity index is 1.62. The second kappa shape index (κ2) is 6.79. The Hall–Kier alpha value is -3.02. The van der Waals surface area contributed by atoms with Gasteiger partial charge in [-0.25, -0.2) is 8.42 Å². The summed E-state index contributed by atoms with van der Waals surface area (Å²) < 4.78 is 62.8. The largest absolute Gasteiger partial charge is 0.405 e. The molecule has 0 saturated heterocycles. The summed E-state index contributed by atoms with van der Waals surface area (Å²) in [5.41, 5.74) is 2.45. The normalized spacial score (nSPS) is 14.3. The standard InChI is InChI=1S/C17H17F3N6O2S/c1-29(27,28)26-7-5-10-8-11(2-3-13(10)26)23-16-24-14-12(4-6-21-14)15(25-16)22-9-17(18,19)20/h2-4,6,8H,5,7,9H2,1H3,(H3,21,22,23,24,25). The summed E-state index contributed by atoms with van der Waals surface area (Å²) in [6.45, 7) is -0.849. The van der Waals surface area contributed by atoms with E-state index >= 15 is 0 Å². The first-order valence-corrected chi connectivity index (χ1v) is 10.5. The third-order valence-electron chi connectivity index (χ3n) is 4.46. The highest BCUT2D eigenvalue weighted by atomic mass is 32.2. The van der Waals surface area contributed by atoms with Crippen LogP contribution >= 0.6 is 0 Å². The predicted octanol–water partition coefficient (Wildman–Crippen LogP) is 3.00. The fourth-order valence-corrected chi connectivity index (χ4v) is 4.20. The molecule has 29 heavy (non-hydrogen) atoms. The van der Waals surface area contributed by atoms with Crippen LogP contribution in [0.3, 0.4) is 0 Å². The average Bonchev–Trinajstić information content (AvgIpc) is 3.24. The molecule has 12 heteroatoms. The molecule has 3 N–H and O–H groups in total. The number of nitrogens with one attached hydrogen (secondary N) is 3. The zero-order valence-electron chi connectivity index (χ0n) is 15.2. The van der Waals surface area contributed by atoms with Crippen LogP contribution in [0.4, 0.5) is 36.3 Å². The first-order valence-electron chi connectivity index (χ1n) is 8.63. The molecule has 2 aromatic heterocycles. The van der Waals surface area contributed by atoms with E-state index in [4.69, 9.17) is 0 Å². The van der Waals surface area contributed by atoms with Gasteiger partial charge in [0.1, 0.15) is 18.0 Å². The van der Waals surface area contributed by atoms with Gasteiger partial charge in [-0.15, -0.1) is 0 Å². The summed E-state index contributed by atoms with van der Waals surface area (Å²) in [5, 5.41) is 5.71. The second-order valence-electron chi connectivity index (χ2n) is 6.66. The Labute approximate surface area is 164 Å². The highest BCUT2D eigenvalue weighted by Gasteiger charge is 2.28. The molecule has 0 radical (unpaired) electrons. The minimum Gasteiger partial charge on any atom is -0.360 e. The molecule has 3 heterocycles. The van der Waals surface area contributed by atoms with Crippen LogP contribution < -0.4 is 14.9 Å². The zero-order valence-corrected chi connectivity index (χ0v) is 16.0. The number of rotatable bonds is 5. The van der Waals surface area contributed by atoms with Crippen molar-refractivity contribution in [3.8, 4) is 0 Å². The van der Waals surface area contributed by atoms with Crippen LogP contribution in [0.15, 0.2) is 30.5 Å². The van der Waals surface area contributed by atoms with Gasteiger partial charge in [-0.1, -0.05) is 0 Å². The van der Waals surface area contributed by atoms with Crippen molar-refractivity contribution in [2.45, 2.75) is 12.6 Å². The van der Waals surface area contributed by atoms with E-state index in [1.165, 1.54) is 4.31 Å². The average molecular weight is 426 g/mol. The molecular formula is C17H17F3N6O2S. The zero-order chi connectivity index (χ0) is 20.8. The molecule has 1 aliphatic rings. The molecule has 1 aromatic carbocycles. The lowest BCUT2D eigenvalue weighted by molar-refractivity contribution is -0.115. The number of aromatic amines is 1. The third kappa shape index (κ3) is 4.06. The van der Waals surface area contributed by atoms with Gasteiger partial charge in [-0.3, -0.25) is 4.31 Å². The van der Waals surface area contributed by atoms with Crippen LogP contribution in [0.25, 0.3) is 11.0 Å². The van der Waals surface area contributed by atoms with Gasteiger partial charge in [0.25, 0.3) is 0 Å². The van der Waals surface area contributed by atoms with E-state index in [0.29, 0.717) is 35.4 Å². The maximum Gasteiger partial charge on any atom is 0.405 e. The van der Waals surface area contributed by atoms with Crippen molar-refractivity contribution in [3.63, 3.8) is 0 Å². The van der Waals surface area contributed by atoms with Crippen molar-refractivity contribution in [1.29, 1.82) is 0 Å². The van der Waals surface area contributed by atoms with Gasteiger partial charge < -0.3 is 15.6 Å². The lowest BCUT2D eigenvalue weighted by Gasteiger charge is -2.16. The van der Waals surface area contributed by atoms with Crippen molar-refractivity contribution in [2.75, 3.05) is 34.3 Å². The molecule has 0 aliphatic carbocycles. The van der Waals surface area contributed by atoms with Crippen LogP contribution in [-0.4, -0.2) is 48.9 Å². The lowest BCUT2D eigenvalue weighted by atomic mass is 10.1. The molecule has 8 nitrogen and oxygen atoms in total. The maximum absolute atomic E-state index is 12.6. The molecule has 1 aliphatic heterocycles. The summed E-state index contributed by atoms with van der Waals surface area (Å²) in [5.74, 6) is 0.169. The number of H-pyrrole nitrogens is 1. The van der Waals surface area contributed by atoms with Crippen LogP contribution in [-0.2, 0) is 16.4 Å². The molecule has 0 fully saturated rings. The number of aromatic nitrogens is 3. The summed E-state index contributed by atoms with van der Waals surface area (Å²) in [6.07, 6.45) is -1.10. The van der Waals surface area contributed by atoms with Crippen molar-refractivity contribution in [1.82, 2.24) is 15.0 Å². The van der Waals surface area contributed by atoms with Crippen LogP contribution in [0.5, 0.6) is 0 Å². The number of alkyl halides is 3. The summed E-state index contributed by atoms with van der Waals surface area (Å²) in [7, 11) is -3.35. The fourth-order valence-electron chi connectivity index (χ4n) is 3.24. The van der Waals surface area contributed by atoms with Gasteiger partial charge >= 0.3 is 6.18 Å². The lowest BCUT2D eigenvalue weighted by Crippen LogP contribution is -2.27. The van der Waals surface area contributed by atoms with Gasteiger partial charge in [0.15, 0.2) is 0 Å². The summed E-state index contributed by atoms with van der Waals surface area (Å²) in [6, 6.07) is 6.73. The van der Waals surface area contributed by atoms with E-state index in [2.05, 4.69) is 25.6 Å². The maximum atomic E-state index is 12.6. The highest BCUT2D eigenvalue weighted by molar-refractivity contribution is 7.92. The van der Waals surface area contributed by atoms with Gasteiger partial charge in [0.05, 0.1) is 17.3 Å². The Morgan fingerprint density at radius 1 is 1.24 bits per heavy atom. The van der Waals surface area contributed by atoms with E-state index < -0.39 is 22.7 Å². The number of sulfonamides is 1. The quantitative estimate of drug-likeness (QED) is 0.580. The number of hydrogen-bond donors (Lipinski definition) is 3. The van der Waals surface area contributed by atoms with Crippen molar-refractivity contribution in [2.24, 2.45) is 0 Å². The van der Waals surface area contributed by atoms with Crippen molar-refractivity contribution in [3.05, 3.63) is 36.0 Å². The number of halogens is 3. The van der Waals surface area contributed by atoms with E-state index in [9.17, 15) is 21.6 Å². The molecule has 0 bridgehead atoms. The molecule has 0 unspecified atom stereocenters. The van der Waals surface area contributed by atoms with Crippen molar-refractivity contribution >= 4 is 44.2 Å². The summed E-state index contributed by atoms with van der Waals surface area (Å²) >= 11 is 0. The van der Waals surface area contributed by atoms with E-state index in [1.54, 1.807) is 30.5 Å². The van der Waals surface area contributed by atoms with E-state index in [-0.39, 0.29) is 11.8 Å². The first-order chi connectivity index (χ1) is 13.6. The van der Waals surface area contributed by atoms with E-state index in [0.717, 1.165) is 11.8 Å². The van der Waals surface area contributed by atoms with Gasteiger partial charge in [-0.05, 0) is 36.2 Å². The van der Waals surface area contributed by atoms with Gasteiger partial charge in [-0.2, -0.15) is 23.1 Å². The second-order valence-corrected chi connectivity index (χ2v) is 8.56. The van der Waals surface area contributed by atoms with Crippen LogP contribution in [0.1, 0.15) is 5.56 Å². The van der Waals surface area contributed by atoms with Crippen LogP contribution in [0.2, 0.25) is 0 Å². The number of fused-ring (bicyclic) bond motifs is 2. The highest BCUT2D eigenvalue weighted by Crippen LogP contribution is 2.33. The molecule has 0 saturated carbocycles. The van der Waals surface area contributed by atoms with Gasteiger partial charge in [0.2, 0.25) is 16.0 Å². The molecular weight excluding hydrogens is 409 g/mol. The number of anilines is 4. The molecule has 0 atom stereocenters. The Morgan fingerprint density at radius 3 is 2.76 bits per heavy atom. The molecule has 154 valence electrons. The molecule has 0 spiro atoms. The fraction of sp³-hybridized carbons (Fsp3) is 0.294. The smallest absolute Gasteiger partial charge is 0.360 e. The number of nitrogens with zero attached hydrogens (tertiary/aromatic N) is 3. The van der Waals surface area contributed by atoms with Crippen molar-refractivity contribution < 1.29 is 21.6 Å². The monoisotopic (exact) mass is 426 g/mol. The topological polar surface area (TPSA) is 103 Å². The Morgan fingerprint density at radius 2 is 2.03 bits per heavy atom. The molecule has 3 aromatic rings. The minimum atomic E-state index is -4.38. The van der Waals surface area contributed by atoms with Gasteiger partial charge in [0, 0.05) is 18.4 Å². The molecule has 0 amide bonds. The summed E-state index contributed by atoms with van der Waals surface area (Å²) in [4.78, 5) is 11.3. The van der Waals surface area contributed by atoms with Crippen LogP contribution in [0, 0.1) is 0 Å². The molecule has 4 rings (SSSR count). The number of benzene rings is 1. The SMILES string of the molecule is CS(=O)(=O)N1CCc2cc(Nc3nc(NCC(F)(F)F)c4cc[nH]c4n3)ccc21.